The van der Waals surface area contributed by atoms with Gasteiger partial charge in [0.25, 0.3) is 11.5 Å². The Balaban J connectivity index is 2.66. The summed E-state index contributed by atoms with van der Waals surface area (Å²) in [7, 11) is 0. The normalized spacial score (nSPS) is 33.7. The van der Waals surface area contributed by atoms with Gasteiger partial charge in [-0.25, -0.2) is 4.98 Å². The van der Waals surface area contributed by atoms with E-state index in [0.717, 1.165) is 6.92 Å². The second-order valence-corrected chi connectivity index (χ2v) is 4.56. The van der Waals surface area contributed by atoms with Crippen LogP contribution >= 0.6 is 0 Å². The van der Waals surface area contributed by atoms with E-state index in [1.807, 2.05) is 0 Å². The lowest BCUT2D eigenvalue weighted by molar-refractivity contribution is -0.140. The molecule has 1 aromatic carbocycles. The van der Waals surface area contributed by atoms with Crippen LogP contribution in [0.15, 0.2) is 22.9 Å². The molecule has 22 heavy (non-hydrogen) atoms. The van der Waals surface area contributed by atoms with Crippen LogP contribution in [0.4, 0.5) is 5.69 Å². The molecule has 0 spiro atoms. The van der Waals surface area contributed by atoms with Crippen molar-refractivity contribution >= 4 is 28.4 Å². The van der Waals surface area contributed by atoms with Crippen molar-refractivity contribution in [3.8, 4) is 0 Å². The van der Waals surface area contributed by atoms with Crippen molar-refractivity contribution < 1.29 is 23.3 Å². The summed E-state index contributed by atoms with van der Waals surface area (Å²) in [6, 6.07) is -2.10. The number of piperidine rings is 1. The van der Waals surface area contributed by atoms with Crippen LogP contribution in [-0.2, 0) is 15.1 Å². The molecule has 0 aliphatic carbocycles. The SMILES string of the molecule is [2H]c1c([2H])c(N)c2c(=O)n(C3(C([2H])([2H])[2H])C(=O)NC(=O)C([2H])([2H])C3([2H])[2H])c(C)nc2c1[2H]. The van der Waals surface area contributed by atoms with Gasteiger partial charge in [-0.1, -0.05) is 6.04 Å². The third-order valence-electron chi connectivity index (χ3n) is 3.15. The molecule has 1 atom stereocenters. The Kier molecular flexibility index (Phi) is 1.40. The lowest BCUT2D eigenvalue weighted by Gasteiger charge is -2.34. The number of aryl methyl sites for hydroxylation is 1. The van der Waals surface area contributed by atoms with Crippen molar-refractivity contribution in [3.63, 3.8) is 0 Å². The summed E-state index contributed by atoms with van der Waals surface area (Å²) in [5, 5.41) is 0.778. The summed E-state index contributed by atoms with van der Waals surface area (Å²) in [5.41, 5.74) is -0.457. The largest absolute Gasteiger partial charge is 0.398 e. The Morgan fingerprint density at radius 1 is 1.50 bits per heavy atom. The number of imide groups is 1. The first-order valence-corrected chi connectivity index (χ1v) is 6.02. The number of benzene rings is 1. The minimum atomic E-state index is -3.80. The Hall–Kier alpha value is -2.70. The number of rotatable bonds is 1. The maximum atomic E-state index is 13.5. The number of hydrogen-bond acceptors (Lipinski definition) is 5. The highest BCUT2D eigenvalue weighted by atomic mass is 16.2. The Bertz CT molecular complexity index is 1270. The van der Waals surface area contributed by atoms with Gasteiger partial charge in [-0.3, -0.25) is 24.3 Å². The fourth-order valence-corrected chi connectivity index (χ4v) is 2.16. The molecular formula is C15H16N4O3. The number of nitrogen functional groups attached to an aromatic ring is 1. The summed E-state index contributed by atoms with van der Waals surface area (Å²) in [5.74, 6) is -4.15. The second kappa shape index (κ2) is 4.66. The minimum Gasteiger partial charge on any atom is -0.398 e. The van der Waals surface area contributed by atoms with Gasteiger partial charge < -0.3 is 5.73 Å². The van der Waals surface area contributed by atoms with E-state index >= 15 is 0 Å². The number of fused-ring (bicyclic) bond motifs is 1. The van der Waals surface area contributed by atoms with Crippen molar-refractivity contribution in [2.75, 3.05) is 5.73 Å². The molecule has 7 nitrogen and oxygen atoms in total. The van der Waals surface area contributed by atoms with Crippen molar-refractivity contribution in [2.45, 2.75) is 32.1 Å². The summed E-state index contributed by atoms with van der Waals surface area (Å²) in [4.78, 5) is 42.4. The molecule has 2 aromatic rings. The third-order valence-corrected chi connectivity index (χ3v) is 3.15. The molecule has 1 aliphatic rings. The molecule has 1 aromatic heterocycles. The van der Waals surface area contributed by atoms with Gasteiger partial charge in [0.05, 0.1) is 15.0 Å². The van der Waals surface area contributed by atoms with Gasteiger partial charge >= 0.3 is 0 Å². The highest BCUT2D eigenvalue weighted by Gasteiger charge is 2.42. The maximum Gasteiger partial charge on any atom is 0.264 e. The predicted octanol–water partition coefficient (Wildman–Crippen LogP) is 0.439. The minimum absolute atomic E-state index is 0.0980. The molecule has 7 heteroatoms. The van der Waals surface area contributed by atoms with Crippen LogP contribution in [0.3, 0.4) is 0 Å². The quantitative estimate of drug-likeness (QED) is 0.587. The van der Waals surface area contributed by atoms with Gasteiger partial charge in [0.15, 0.2) is 0 Å². The van der Waals surface area contributed by atoms with E-state index in [9.17, 15) is 14.4 Å². The molecule has 3 N–H and O–H groups in total. The molecule has 0 saturated carbocycles. The fraction of sp³-hybridized carbons (Fsp3) is 0.333. The van der Waals surface area contributed by atoms with Crippen LogP contribution in [0.25, 0.3) is 10.9 Å². The predicted molar refractivity (Wildman–Crippen MR) is 81.2 cm³/mol. The molecule has 1 aliphatic heterocycles. The van der Waals surface area contributed by atoms with E-state index in [1.165, 1.54) is 5.32 Å². The summed E-state index contributed by atoms with van der Waals surface area (Å²) < 4.78 is 79.8. The summed E-state index contributed by atoms with van der Waals surface area (Å²) in [6.07, 6.45) is -7.37. The van der Waals surface area contributed by atoms with E-state index in [2.05, 4.69) is 4.98 Å². The second-order valence-electron chi connectivity index (χ2n) is 4.56. The van der Waals surface area contributed by atoms with Crippen molar-refractivity contribution in [2.24, 2.45) is 0 Å². The van der Waals surface area contributed by atoms with Crippen LogP contribution in [0.5, 0.6) is 0 Å². The van der Waals surface area contributed by atoms with E-state index in [1.54, 1.807) is 0 Å². The molecule has 1 saturated heterocycles. The average Bonchev–Trinajstić information content (AvgIpc) is 2.64. The Labute approximate surface area is 140 Å². The van der Waals surface area contributed by atoms with Crippen LogP contribution < -0.4 is 16.6 Å². The van der Waals surface area contributed by atoms with E-state index < -0.39 is 83.1 Å². The fourth-order valence-electron chi connectivity index (χ4n) is 2.16. The number of anilines is 1. The molecule has 1 fully saturated rings. The highest BCUT2D eigenvalue weighted by molar-refractivity contribution is 6.01. The molecule has 2 heterocycles. The lowest BCUT2D eigenvalue weighted by atomic mass is 9.90. The molecule has 0 radical (unpaired) electrons. The average molecular weight is 310 g/mol. The maximum absolute atomic E-state index is 13.5. The molecule has 0 bridgehead atoms. The first-order chi connectivity index (χ1) is 14.4. The van der Waals surface area contributed by atoms with Gasteiger partial charge in [-0.15, -0.1) is 0 Å². The Morgan fingerprint density at radius 3 is 3.00 bits per heavy atom. The summed E-state index contributed by atoms with van der Waals surface area (Å²) in [6.45, 7) is -2.73. The van der Waals surface area contributed by atoms with Gasteiger partial charge in [-0.05, 0) is 32.2 Å². The van der Waals surface area contributed by atoms with Crippen LogP contribution in [0.2, 0.25) is 0 Å². The molecule has 2 amide bonds. The van der Waals surface area contributed by atoms with Gasteiger partial charge in [0.2, 0.25) is 5.91 Å². The van der Waals surface area contributed by atoms with Gasteiger partial charge in [0, 0.05) is 21.7 Å². The summed E-state index contributed by atoms with van der Waals surface area (Å²) >= 11 is 0. The zero-order chi connectivity index (χ0) is 24.8. The monoisotopic (exact) mass is 310 g/mol. The van der Waals surface area contributed by atoms with Crippen LogP contribution in [0.1, 0.15) is 39.1 Å². The first kappa shape index (κ1) is 6.60. The number of nitrogens with one attached hydrogen (secondary N) is 1. The Morgan fingerprint density at radius 2 is 2.27 bits per heavy atom. The van der Waals surface area contributed by atoms with Crippen LogP contribution in [0, 0.1) is 6.92 Å². The standard InChI is InChI=1S/C15H16N4O3/c1-8-17-10-5-3-4-9(16)12(10)13(21)19(8)15(2)7-6-11(20)18-14(15)22/h3-5H,6-7,16H2,1-2H3,(H,18,20,22)/i2D3,3D,4D,5D,6D2,7D2. The van der Waals surface area contributed by atoms with Gasteiger partial charge in [-0.2, -0.15) is 0 Å². The van der Waals surface area contributed by atoms with E-state index in [-0.39, 0.29) is 4.57 Å². The third kappa shape index (κ3) is 1.89. The van der Waals surface area contributed by atoms with Crippen molar-refractivity contribution in [3.05, 3.63) is 34.3 Å². The van der Waals surface area contributed by atoms with Gasteiger partial charge in [0.1, 0.15) is 11.4 Å². The van der Waals surface area contributed by atoms with E-state index in [4.69, 9.17) is 19.4 Å². The molecular weight excluding hydrogens is 284 g/mol. The zero-order valence-corrected chi connectivity index (χ0v) is 11.2. The number of aromatic nitrogens is 2. The highest BCUT2D eigenvalue weighted by Crippen LogP contribution is 2.27. The van der Waals surface area contributed by atoms with E-state index in [0.29, 0.717) is 0 Å². The number of nitrogens with two attached hydrogens (primary N) is 1. The number of amides is 2. The van der Waals surface area contributed by atoms with Crippen LogP contribution in [-0.4, -0.2) is 21.4 Å². The number of carbonyl (C=O) groups is 2. The molecule has 1 unspecified atom stereocenters. The molecule has 3 rings (SSSR count). The topological polar surface area (TPSA) is 107 Å². The number of nitrogens with zero attached hydrogens (tertiary/aromatic N) is 2. The lowest BCUT2D eigenvalue weighted by Crippen LogP contribution is -2.56. The number of hydrogen-bond donors (Lipinski definition) is 2. The first-order valence-electron chi connectivity index (χ1n) is 11.0. The van der Waals surface area contributed by atoms with Crippen molar-refractivity contribution in [1.29, 1.82) is 0 Å². The zero-order valence-electron chi connectivity index (χ0n) is 21.2. The molecule has 114 valence electrons. The smallest absolute Gasteiger partial charge is 0.264 e. The number of carbonyl (C=O) groups excluding carboxylic acids is 2. The van der Waals surface area contributed by atoms with Crippen molar-refractivity contribution in [1.82, 2.24) is 14.9 Å².